The summed E-state index contributed by atoms with van der Waals surface area (Å²) in [7, 11) is -2.24. The van der Waals surface area contributed by atoms with Gasteiger partial charge in [-0.15, -0.1) is 0 Å². The summed E-state index contributed by atoms with van der Waals surface area (Å²) in [5.74, 6) is -0.798. The summed E-state index contributed by atoms with van der Waals surface area (Å²) in [4.78, 5) is 27.0. The fourth-order valence-electron chi connectivity index (χ4n) is 3.16. The zero-order chi connectivity index (χ0) is 23.3. The molecular weight excluding hydrogens is 482 g/mol. The predicted octanol–water partition coefficient (Wildman–Crippen LogP) is 3.00. The number of anilines is 1. The molecule has 2 amide bonds. The normalized spacial score (nSPS) is 12.2. The molecule has 0 bridgehead atoms. The van der Waals surface area contributed by atoms with Crippen LogP contribution in [0.1, 0.15) is 23.6 Å². The number of amides is 2. The number of carbonyl (C=O) groups excluding carboxylic acids is 2. The van der Waals surface area contributed by atoms with Crippen molar-refractivity contribution in [1.29, 1.82) is 0 Å². The van der Waals surface area contributed by atoms with Gasteiger partial charge in [-0.05, 0) is 55.7 Å². The molecule has 0 fully saturated rings. The highest BCUT2D eigenvalue weighted by atomic mass is 79.9. The van der Waals surface area contributed by atoms with Gasteiger partial charge in [-0.1, -0.05) is 40.2 Å². The third-order valence-electron chi connectivity index (χ3n) is 4.99. The van der Waals surface area contributed by atoms with Gasteiger partial charge in [0.05, 0.1) is 11.9 Å². The Hall–Kier alpha value is -2.39. The number of sulfonamides is 1. The van der Waals surface area contributed by atoms with E-state index in [-0.39, 0.29) is 12.5 Å². The lowest BCUT2D eigenvalue weighted by atomic mass is 10.1. The molecule has 0 saturated heterocycles. The summed E-state index contributed by atoms with van der Waals surface area (Å²) in [6.45, 7) is 5.05. The molecule has 2 aromatic carbocycles. The number of nitrogens with zero attached hydrogens (tertiary/aromatic N) is 2. The van der Waals surface area contributed by atoms with Crippen LogP contribution in [0.25, 0.3) is 0 Å². The van der Waals surface area contributed by atoms with E-state index in [1.54, 1.807) is 19.9 Å². The first kappa shape index (κ1) is 24.9. The summed E-state index contributed by atoms with van der Waals surface area (Å²) < 4.78 is 27.2. The molecule has 0 aliphatic carbocycles. The molecule has 0 saturated carbocycles. The Morgan fingerprint density at radius 3 is 2.26 bits per heavy atom. The van der Waals surface area contributed by atoms with E-state index >= 15 is 0 Å². The van der Waals surface area contributed by atoms with Gasteiger partial charge in [0.25, 0.3) is 0 Å². The van der Waals surface area contributed by atoms with E-state index < -0.39 is 28.5 Å². The fraction of sp³-hybridized carbons (Fsp3) is 0.364. The van der Waals surface area contributed by atoms with Crippen LogP contribution in [0.15, 0.2) is 46.9 Å². The van der Waals surface area contributed by atoms with Crippen molar-refractivity contribution in [2.24, 2.45) is 0 Å². The summed E-state index contributed by atoms with van der Waals surface area (Å²) in [6, 6.07) is 12.1. The molecule has 0 aromatic heterocycles. The van der Waals surface area contributed by atoms with Gasteiger partial charge >= 0.3 is 0 Å². The van der Waals surface area contributed by atoms with Crippen LogP contribution >= 0.6 is 15.9 Å². The Bertz CT molecular complexity index is 1050. The number of aryl methyl sites for hydroxylation is 2. The van der Waals surface area contributed by atoms with E-state index in [1.165, 1.54) is 11.9 Å². The minimum absolute atomic E-state index is 0.172. The summed E-state index contributed by atoms with van der Waals surface area (Å²) in [6.07, 6.45) is 1.07. The SMILES string of the molecule is CNC(=O)[C@@H](C)N(Cc1ccc(Br)cc1)C(=O)CN(c1cc(C)ccc1C)S(C)(=O)=O. The standard InChI is InChI=1S/C22H28BrN3O4S/c1-15-6-7-16(2)20(12-15)26(31(5,29)30)14-21(27)25(17(3)22(28)24-4)13-18-8-10-19(23)11-9-18/h6-12,17H,13-14H2,1-5H3,(H,24,28)/t17-/m1/s1. The number of rotatable bonds is 8. The molecule has 0 spiro atoms. The molecule has 0 heterocycles. The van der Waals surface area contributed by atoms with Crippen LogP contribution < -0.4 is 9.62 Å². The number of hydrogen-bond donors (Lipinski definition) is 1. The molecule has 7 nitrogen and oxygen atoms in total. The third-order valence-corrected chi connectivity index (χ3v) is 6.65. The van der Waals surface area contributed by atoms with E-state index in [0.717, 1.165) is 31.7 Å². The Morgan fingerprint density at radius 1 is 1.10 bits per heavy atom. The quantitative estimate of drug-likeness (QED) is 0.592. The zero-order valence-corrected chi connectivity index (χ0v) is 20.7. The lowest BCUT2D eigenvalue weighted by Crippen LogP contribution is -2.50. The van der Waals surface area contributed by atoms with Crippen LogP contribution in [0, 0.1) is 13.8 Å². The number of benzene rings is 2. The van der Waals surface area contributed by atoms with E-state index in [0.29, 0.717) is 5.69 Å². The topological polar surface area (TPSA) is 86.8 Å². The zero-order valence-electron chi connectivity index (χ0n) is 18.3. The molecule has 1 atom stereocenters. The lowest BCUT2D eigenvalue weighted by molar-refractivity contribution is -0.139. The van der Waals surface area contributed by atoms with Crippen molar-refractivity contribution >= 4 is 43.5 Å². The summed E-state index contributed by atoms with van der Waals surface area (Å²) in [5.41, 5.74) is 2.90. The smallest absolute Gasteiger partial charge is 0.244 e. The maximum atomic E-state index is 13.3. The van der Waals surface area contributed by atoms with Crippen molar-refractivity contribution in [3.63, 3.8) is 0 Å². The number of carbonyl (C=O) groups is 2. The van der Waals surface area contributed by atoms with E-state index in [2.05, 4.69) is 21.2 Å². The van der Waals surface area contributed by atoms with E-state index in [9.17, 15) is 18.0 Å². The highest BCUT2D eigenvalue weighted by Gasteiger charge is 2.30. The molecule has 168 valence electrons. The maximum Gasteiger partial charge on any atom is 0.244 e. The Labute approximate surface area is 192 Å². The maximum absolute atomic E-state index is 13.3. The Balaban J connectivity index is 2.42. The summed E-state index contributed by atoms with van der Waals surface area (Å²) >= 11 is 3.38. The molecule has 2 rings (SSSR count). The Morgan fingerprint density at radius 2 is 1.71 bits per heavy atom. The first-order valence-corrected chi connectivity index (χ1v) is 12.4. The van der Waals surface area contributed by atoms with Crippen molar-refractivity contribution in [1.82, 2.24) is 10.2 Å². The van der Waals surface area contributed by atoms with Gasteiger partial charge < -0.3 is 10.2 Å². The highest BCUT2D eigenvalue weighted by Crippen LogP contribution is 2.24. The van der Waals surface area contributed by atoms with Gasteiger partial charge in [-0.3, -0.25) is 13.9 Å². The first-order valence-electron chi connectivity index (χ1n) is 9.74. The second kappa shape index (κ2) is 10.3. The van der Waals surface area contributed by atoms with Crippen molar-refractivity contribution in [3.8, 4) is 0 Å². The van der Waals surface area contributed by atoms with Gasteiger partial charge in [0.1, 0.15) is 12.6 Å². The van der Waals surface area contributed by atoms with Gasteiger partial charge in [0.15, 0.2) is 0 Å². The molecule has 31 heavy (non-hydrogen) atoms. The fourth-order valence-corrected chi connectivity index (χ4v) is 4.32. The second-order valence-electron chi connectivity index (χ2n) is 7.50. The molecular formula is C22H28BrN3O4S. The number of nitrogens with one attached hydrogen (secondary N) is 1. The van der Waals surface area contributed by atoms with Crippen molar-refractivity contribution in [2.45, 2.75) is 33.4 Å². The van der Waals surface area contributed by atoms with Crippen LogP contribution in [-0.2, 0) is 26.2 Å². The molecule has 1 N–H and O–H groups in total. The van der Waals surface area contributed by atoms with Crippen molar-refractivity contribution in [3.05, 3.63) is 63.6 Å². The van der Waals surface area contributed by atoms with Gasteiger partial charge in [-0.25, -0.2) is 8.42 Å². The van der Waals surface area contributed by atoms with Crippen LogP contribution in [0.4, 0.5) is 5.69 Å². The number of hydrogen-bond acceptors (Lipinski definition) is 4. The second-order valence-corrected chi connectivity index (χ2v) is 10.3. The average Bonchev–Trinajstić information content (AvgIpc) is 2.71. The van der Waals surface area contributed by atoms with E-state index in [1.807, 2.05) is 43.3 Å². The minimum Gasteiger partial charge on any atom is -0.357 e. The Kier molecular flexibility index (Phi) is 8.25. The van der Waals surface area contributed by atoms with Gasteiger partial charge in [0, 0.05) is 18.1 Å². The predicted molar refractivity (Wildman–Crippen MR) is 126 cm³/mol. The van der Waals surface area contributed by atoms with Crippen LogP contribution in [0.3, 0.4) is 0 Å². The molecule has 0 radical (unpaired) electrons. The monoisotopic (exact) mass is 509 g/mol. The van der Waals surface area contributed by atoms with Gasteiger partial charge in [0.2, 0.25) is 21.8 Å². The average molecular weight is 510 g/mol. The minimum atomic E-state index is -3.74. The molecule has 9 heteroatoms. The van der Waals surface area contributed by atoms with Crippen molar-refractivity contribution in [2.75, 3.05) is 24.2 Å². The number of halogens is 1. The molecule has 2 aromatic rings. The first-order chi connectivity index (χ1) is 14.4. The van der Waals surface area contributed by atoms with Crippen LogP contribution in [-0.4, -0.2) is 51.0 Å². The summed E-state index contributed by atoms with van der Waals surface area (Å²) in [5, 5.41) is 2.55. The lowest BCUT2D eigenvalue weighted by Gasteiger charge is -2.31. The number of likely N-dealkylation sites (N-methyl/N-ethyl adjacent to an activating group) is 1. The molecule has 0 unspecified atom stereocenters. The highest BCUT2D eigenvalue weighted by molar-refractivity contribution is 9.10. The largest absolute Gasteiger partial charge is 0.357 e. The molecule has 0 aliphatic rings. The third kappa shape index (κ3) is 6.54. The van der Waals surface area contributed by atoms with Crippen LogP contribution in [0.2, 0.25) is 0 Å². The van der Waals surface area contributed by atoms with Crippen molar-refractivity contribution < 1.29 is 18.0 Å². The van der Waals surface area contributed by atoms with E-state index in [4.69, 9.17) is 0 Å². The molecule has 0 aliphatic heterocycles. The van der Waals surface area contributed by atoms with Gasteiger partial charge in [-0.2, -0.15) is 0 Å². The van der Waals surface area contributed by atoms with Crippen LogP contribution in [0.5, 0.6) is 0 Å².